The number of aliphatic carboxylic acids is 1. The van der Waals surface area contributed by atoms with Gasteiger partial charge in [0.15, 0.2) is 11.9 Å². The van der Waals surface area contributed by atoms with Gasteiger partial charge in [0.1, 0.15) is 54.4 Å². The molecule has 1 fully saturated rings. The smallest absolute Gasteiger partial charge is 0.317 e. The molecule has 0 spiro atoms. The average molecular weight is 1350 g/mol. The lowest BCUT2D eigenvalue weighted by molar-refractivity contribution is -0.142. The second-order valence-electron chi connectivity index (χ2n) is 22.1. The fourth-order valence-corrected chi connectivity index (χ4v) is 12.2. The molecular weight excluding hydrogens is 1260 g/mol. The standard InChI is InChI=1S/C60H85N17O13S3/c1-34(78)49(76-47(79)27-66-28-48(80)81)57(89)75-45-33-93-31-38-17-8-16-37(24-38)30-92-32-44(50(61)82)74-53(85)41(25-35-12-4-2-5-13-35)71-51(83)39(18-9-21-67-59(62)63)69-54(86)43(29-91)73-52(84)40(19-10-22-68-60(64)65)70-56(88)46-20-11-23-77(46)58(90)42(72-55(45)87)26-36-14-6-3-7-15-36/h2-8,12-17,24,34,39-46,49,66,78,91H,9-11,18-23,25-33H2,1H3,(H2,61,82)(H,69,86)(H,70,88)(H,71,83)(H,72,87)(H,73,84)(H,74,85)(H,75,89)(H,76,79)(H,80,81)(H4,62,63,67)(H4,64,65,68)/t34-,39+,40+,41+,42+,43+,44+,45+,46+,49+/m1/s1. The Morgan fingerprint density at radius 3 is 1.69 bits per heavy atom. The van der Waals surface area contributed by atoms with E-state index in [1.54, 1.807) is 66.7 Å². The zero-order valence-electron chi connectivity index (χ0n) is 51.5. The third-order valence-corrected chi connectivity index (χ3v) is 17.2. The molecule has 5 rings (SSSR count). The molecule has 93 heavy (non-hydrogen) atoms. The molecule has 2 aliphatic rings. The number of thioether (sulfide) groups is 2. The van der Waals surface area contributed by atoms with Gasteiger partial charge >= 0.3 is 5.97 Å². The molecule has 2 bridgehead atoms. The van der Waals surface area contributed by atoms with E-state index in [9.17, 15) is 53.1 Å². The Morgan fingerprint density at radius 2 is 1.15 bits per heavy atom. The van der Waals surface area contributed by atoms with E-state index in [4.69, 9.17) is 33.8 Å². The van der Waals surface area contributed by atoms with Gasteiger partial charge in [0.25, 0.3) is 0 Å². The van der Waals surface area contributed by atoms with Gasteiger partial charge in [-0.2, -0.15) is 36.2 Å². The summed E-state index contributed by atoms with van der Waals surface area (Å²) < 4.78 is 0. The number of aliphatic imine (C=N–C) groups is 2. The van der Waals surface area contributed by atoms with Crippen LogP contribution in [0.2, 0.25) is 0 Å². The molecule has 3 aromatic carbocycles. The van der Waals surface area contributed by atoms with Crippen molar-refractivity contribution in [1.82, 2.24) is 52.8 Å². The predicted octanol–water partition coefficient (Wildman–Crippen LogP) is -3.90. The summed E-state index contributed by atoms with van der Waals surface area (Å²) in [5.74, 6) is -10.0. The first-order chi connectivity index (χ1) is 44.4. The van der Waals surface area contributed by atoms with Crippen LogP contribution in [0.4, 0.5) is 0 Å². The van der Waals surface area contributed by atoms with E-state index >= 15 is 4.79 Å². The van der Waals surface area contributed by atoms with Crippen LogP contribution in [0.25, 0.3) is 0 Å². The highest BCUT2D eigenvalue weighted by Crippen LogP contribution is 2.23. The number of primary amides is 1. The highest BCUT2D eigenvalue weighted by atomic mass is 32.2. The Balaban J connectivity index is 1.56. The average Bonchev–Trinajstić information content (AvgIpc) is 1.81. The van der Waals surface area contributed by atoms with Gasteiger partial charge in [0, 0.05) is 61.2 Å². The number of carbonyl (C=O) groups excluding carboxylic acids is 10. The molecule has 3 aromatic rings. The molecule has 0 radical (unpaired) electrons. The van der Waals surface area contributed by atoms with Crippen molar-refractivity contribution >= 4 is 113 Å². The quantitative estimate of drug-likeness (QED) is 0.0198. The Labute approximate surface area is 552 Å². The second kappa shape index (κ2) is 39.0. The van der Waals surface area contributed by atoms with Gasteiger partial charge in [0.2, 0.25) is 59.1 Å². The van der Waals surface area contributed by atoms with E-state index in [1.165, 1.54) is 35.3 Å². The lowest BCUT2D eigenvalue weighted by Gasteiger charge is -2.31. The lowest BCUT2D eigenvalue weighted by atomic mass is 10.0. The number of nitrogens with one attached hydrogen (secondary N) is 9. The topological polar surface area (TPSA) is 495 Å². The first kappa shape index (κ1) is 75.1. The molecule has 33 heteroatoms. The number of guanidine groups is 2. The number of fused-ring (bicyclic) bond motifs is 3. The molecule has 10 atom stereocenters. The minimum atomic E-state index is -1.64. The third-order valence-electron chi connectivity index (χ3n) is 14.7. The largest absolute Gasteiger partial charge is 0.480 e. The molecule has 10 amide bonds. The van der Waals surface area contributed by atoms with Crippen LogP contribution >= 0.6 is 36.2 Å². The summed E-state index contributed by atoms with van der Waals surface area (Å²) in [7, 11) is 0. The van der Waals surface area contributed by atoms with E-state index in [1.807, 2.05) is 18.2 Å². The molecule has 0 saturated carbocycles. The fourth-order valence-electron chi connectivity index (χ4n) is 9.93. The van der Waals surface area contributed by atoms with Crippen LogP contribution < -0.4 is 76.5 Å². The van der Waals surface area contributed by atoms with Crippen molar-refractivity contribution in [1.29, 1.82) is 0 Å². The predicted molar refractivity (Wildman–Crippen MR) is 354 cm³/mol. The van der Waals surface area contributed by atoms with E-state index in [2.05, 4.69) is 70.5 Å². The Hall–Kier alpha value is -8.66. The maximum Gasteiger partial charge on any atom is 0.317 e. The number of carboxylic acids is 1. The van der Waals surface area contributed by atoms with Gasteiger partial charge in [-0.25, -0.2) is 0 Å². The molecule has 2 heterocycles. The van der Waals surface area contributed by atoms with Crippen LogP contribution in [0, 0.1) is 0 Å². The number of carboxylic acid groups (broad SMARTS) is 1. The van der Waals surface area contributed by atoms with Gasteiger partial charge < -0.3 is 86.3 Å². The van der Waals surface area contributed by atoms with Gasteiger partial charge in [-0.15, -0.1) is 0 Å². The Morgan fingerprint density at radius 1 is 0.645 bits per heavy atom. The van der Waals surface area contributed by atoms with Crippen LogP contribution in [0.1, 0.15) is 67.7 Å². The van der Waals surface area contributed by atoms with Crippen molar-refractivity contribution in [2.75, 3.05) is 50.0 Å². The summed E-state index contributed by atoms with van der Waals surface area (Å²) in [5.41, 5.74) is 31.0. The first-order valence-corrected chi connectivity index (χ1v) is 33.0. The van der Waals surface area contributed by atoms with Crippen LogP contribution in [-0.4, -0.2) is 203 Å². The molecule has 506 valence electrons. The zero-order chi connectivity index (χ0) is 68.0. The number of benzene rings is 3. The van der Waals surface area contributed by atoms with Crippen LogP contribution in [0.5, 0.6) is 0 Å². The third kappa shape index (κ3) is 26.1. The van der Waals surface area contributed by atoms with Crippen molar-refractivity contribution in [3.05, 3.63) is 107 Å². The van der Waals surface area contributed by atoms with Crippen molar-refractivity contribution in [3.8, 4) is 0 Å². The number of hydrogen-bond donors (Lipinski definition) is 17. The molecule has 0 aromatic heterocycles. The highest BCUT2D eigenvalue weighted by Gasteiger charge is 2.41. The maximum atomic E-state index is 15.1. The summed E-state index contributed by atoms with van der Waals surface area (Å²) in [4.78, 5) is 163. The normalized spacial score (nSPS) is 22.4. The number of amides is 10. The molecule has 21 N–H and O–H groups in total. The number of hydrogen-bond acceptors (Lipinski definition) is 18. The molecule has 0 aliphatic carbocycles. The molecular formula is C60H85N17O13S3. The number of aliphatic hydroxyl groups is 1. The van der Waals surface area contributed by atoms with Crippen molar-refractivity contribution < 1.29 is 63.0 Å². The molecule has 30 nitrogen and oxygen atoms in total. The van der Waals surface area contributed by atoms with E-state index < -0.39 is 139 Å². The Kier molecular flexibility index (Phi) is 31.5. The van der Waals surface area contributed by atoms with Crippen LogP contribution in [0.15, 0.2) is 94.9 Å². The number of aliphatic hydroxyl groups excluding tert-OH is 1. The van der Waals surface area contributed by atoms with Gasteiger partial charge in [-0.05, 0) is 67.7 Å². The van der Waals surface area contributed by atoms with Crippen LogP contribution in [0.3, 0.4) is 0 Å². The minimum Gasteiger partial charge on any atom is -0.480 e. The summed E-state index contributed by atoms with van der Waals surface area (Å²) >= 11 is 6.86. The van der Waals surface area contributed by atoms with E-state index in [0.717, 1.165) is 11.1 Å². The fraction of sp³-hybridized carbons (Fsp3) is 0.483. The van der Waals surface area contributed by atoms with Gasteiger partial charge in [-0.3, -0.25) is 68.0 Å². The van der Waals surface area contributed by atoms with Gasteiger partial charge in [-0.1, -0.05) is 84.9 Å². The summed E-state index contributed by atoms with van der Waals surface area (Å²) in [5, 5.41) is 43.5. The van der Waals surface area contributed by atoms with Crippen LogP contribution in [-0.2, 0) is 77.1 Å². The molecule has 1 saturated heterocycles. The first-order valence-electron chi connectivity index (χ1n) is 30.1. The van der Waals surface area contributed by atoms with E-state index in [0.29, 0.717) is 23.3 Å². The number of carbonyl (C=O) groups is 11. The van der Waals surface area contributed by atoms with Crippen molar-refractivity contribution in [2.45, 2.75) is 130 Å². The van der Waals surface area contributed by atoms with Crippen molar-refractivity contribution in [3.63, 3.8) is 0 Å². The monoisotopic (exact) mass is 1350 g/mol. The van der Waals surface area contributed by atoms with Gasteiger partial charge in [0.05, 0.1) is 19.2 Å². The summed E-state index contributed by atoms with van der Waals surface area (Å²) in [6, 6.07) is 12.1. The maximum absolute atomic E-state index is 15.1. The van der Waals surface area contributed by atoms with E-state index in [-0.39, 0.29) is 99.5 Å². The SMILES string of the molecule is C[C@@H](O)[C@H](NC(=O)CNCC(=O)O)C(=O)N[C@H]1CSCc2cccc(c2)CSC[C@@H](C(N)=O)NC(=O)[C@H](Cc2ccccc2)NC(=O)[C@H](CCCN=C(N)N)NC(=O)[C@H](CS)NC(=O)[C@H](CCCN=C(N)N)NC(=O)[C@@H]2CCCN2C(=O)[C@H](Cc2ccccc2)NC1=O. The lowest BCUT2D eigenvalue weighted by Crippen LogP contribution is -2.61. The summed E-state index contributed by atoms with van der Waals surface area (Å²) in [6.07, 6.45) is -1.19. The number of nitrogens with two attached hydrogens (primary N) is 5. The minimum absolute atomic E-state index is 0.0113. The Bertz CT molecular complexity index is 3110. The number of rotatable bonds is 22. The number of nitrogens with zero attached hydrogens (tertiary/aromatic N) is 3. The highest BCUT2D eigenvalue weighted by molar-refractivity contribution is 7.98. The number of thiol groups is 1. The summed E-state index contributed by atoms with van der Waals surface area (Å²) in [6.45, 7) is 0.202. The van der Waals surface area contributed by atoms with Crippen molar-refractivity contribution in [2.24, 2.45) is 38.7 Å². The second-order valence-corrected chi connectivity index (χ2v) is 24.5. The molecule has 2 aliphatic heterocycles. The molecule has 0 unspecified atom stereocenters. The zero-order valence-corrected chi connectivity index (χ0v) is 54.0.